The van der Waals surface area contributed by atoms with Crippen molar-refractivity contribution in [2.45, 2.75) is 19.1 Å². The highest BCUT2D eigenvalue weighted by Gasteiger charge is 2.22. The van der Waals surface area contributed by atoms with Crippen LogP contribution in [0.2, 0.25) is 5.02 Å². The minimum absolute atomic E-state index is 0.154. The van der Waals surface area contributed by atoms with Crippen LogP contribution >= 0.6 is 11.6 Å². The first-order valence-electron chi connectivity index (χ1n) is 10.8. The van der Waals surface area contributed by atoms with Crippen molar-refractivity contribution in [2.75, 3.05) is 6.61 Å². The molecule has 0 aliphatic rings. The average Bonchev–Trinajstić information content (AvgIpc) is 3.16. The van der Waals surface area contributed by atoms with Crippen LogP contribution in [0.5, 0.6) is 0 Å². The van der Waals surface area contributed by atoms with Gasteiger partial charge in [-0.25, -0.2) is 22.6 Å². The molecule has 0 radical (unpaired) electrons. The zero-order chi connectivity index (χ0) is 25.8. The van der Waals surface area contributed by atoms with Crippen molar-refractivity contribution in [3.8, 4) is 11.4 Å². The molecule has 3 aromatic carbocycles. The molecule has 1 unspecified atom stereocenters. The number of nitrogens with one attached hydrogen (secondary N) is 1. The Morgan fingerprint density at radius 1 is 1.00 bits per heavy atom. The summed E-state index contributed by atoms with van der Waals surface area (Å²) in [4.78, 5) is 25.9. The van der Waals surface area contributed by atoms with Gasteiger partial charge in [0.2, 0.25) is 5.91 Å². The summed E-state index contributed by atoms with van der Waals surface area (Å²) in [5.74, 6) is -3.45. The van der Waals surface area contributed by atoms with Gasteiger partial charge in [-0.1, -0.05) is 41.9 Å². The Labute approximate surface area is 208 Å². The van der Waals surface area contributed by atoms with E-state index in [4.69, 9.17) is 11.6 Å². The fraction of sp³-hybridized carbons (Fsp3) is 0.160. The van der Waals surface area contributed by atoms with Gasteiger partial charge in [0.1, 0.15) is 12.4 Å². The van der Waals surface area contributed by atoms with Crippen LogP contribution in [0, 0.1) is 17.5 Å². The molecule has 0 aliphatic carbocycles. The highest BCUT2D eigenvalue weighted by atomic mass is 35.5. The summed E-state index contributed by atoms with van der Waals surface area (Å²) in [6.45, 7) is -1.45. The molecule has 0 spiro atoms. The van der Waals surface area contributed by atoms with Gasteiger partial charge in [0, 0.05) is 21.7 Å². The normalized spacial score (nSPS) is 11.9. The van der Waals surface area contributed by atoms with Crippen LogP contribution in [0.1, 0.15) is 17.2 Å². The van der Waals surface area contributed by atoms with Gasteiger partial charge < -0.3 is 10.4 Å². The number of carbonyl (C=O) groups excluding carboxylic acids is 1. The van der Waals surface area contributed by atoms with E-state index in [9.17, 15) is 27.9 Å². The molecule has 1 heterocycles. The number of aliphatic hydroxyl groups excluding tert-OH is 1. The molecule has 1 atom stereocenters. The quantitative estimate of drug-likeness (QED) is 0.374. The van der Waals surface area contributed by atoms with Gasteiger partial charge in [-0.15, -0.1) is 5.10 Å². The minimum atomic E-state index is -1.25. The van der Waals surface area contributed by atoms with Crippen LogP contribution in [0.25, 0.3) is 11.4 Å². The van der Waals surface area contributed by atoms with Crippen molar-refractivity contribution in [1.82, 2.24) is 19.7 Å². The summed E-state index contributed by atoms with van der Waals surface area (Å²) in [5.41, 5.74) is -0.205. The summed E-state index contributed by atoms with van der Waals surface area (Å²) in [7, 11) is 0. The molecule has 186 valence electrons. The average molecular weight is 517 g/mol. The first-order chi connectivity index (χ1) is 17.3. The first kappa shape index (κ1) is 25.2. The topological polar surface area (TPSA) is 89.2 Å². The van der Waals surface area contributed by atoms with Crippen LogP contribution in [0.15, 0.2) is 71.5 Å². The van der Waals surface area contributed by atoms with Gasteiger partial charge in [-0.2, -0.15) is 0 Å². The maximum absolute atomic E-state index is 14.3. The standard InChI is InChI=1S/C25H20ClF3N4O3/c26-17-10-8-15(9-11-17)24-31-33(25(36)32(24)12-16-4-1-2-6-19(16)27)13-22(35)30-21(14-34)18-5-3-7-20(28)23(18)29/h1-11,21,34H,12-14H2,(H,30,35). The smallest absolute Gasteiger partial charge is 0.347 e. The van der Waals surface area contributed by atoms with Crippen molar-refractivity contribution in [2.24, 2.45) is 0 Å². The summed E-state index contributed by atoms with van der Waals surface area (Å²) in [5, 5.41) is 16.7. The third kappa shape index (κ3) is 5.34. The molecule has 11 heteroatoms. The molecule has 36 heavy (non-hydrogen) atoms. The zero-order valence-electron chi connectivity index (χ0n) is 18.7. The van der Waals surface area contributed by atoms with Gasteiger partial charge in [0.05, 0.1) is 19.2 Å². The van der Waals surface area contributed by atoms with Gasteiger partial charge in [0.25, 0.3) is 0 Å². The molecule has 1 amide bonds. The highest BCUT2D eigenvalue weighted by Crippen LogP contribution is 2.21. The summed E-state index contributed by atoms with van der Waals surface area (Å²) in [6.07, 6.45) is 0. The van der Waals surface area contributed by atoms with E-state index >= 15 is 0 Å². The fourth-order valence-corrected chi connectivity index (χ4v) is 3.81. The fourth-order valence-electron chi connectivity index (χ4n) is 3.68. The lowest BCUT2D eigenvalue weighted by atomic mass is 10.1. The molecule has 2 N–H and O–H groups in total. The molecule has 0 bridgehead atoms. The van der Waals surface area contributed by atoms with Crippen molar-refractivity contribution in [3.05, 3.63) is 111 Å². The Kier molecular flexibility index (Phi) is 7.56. The molecule has 1 aromatic heterocycles. The van der Waals surface area contributed by atoms with E-state index in [-0.39, 0.29) is 23.5 Å². The van der Waals surface area contributed by atoms with Gasteiger partial charge in [-0.05, 0) is 36.4 Å². The molecule has 0 aliphatic heterocycles. The number of carbonyl (C=O) groups is 1. The third-order valence-electron chi connectivity index (χ3n) is 5.48. The van der Waals surface area contributed by atoms with Crippen LogP contribution < -0.4 is 11.0 Å². The molecule has 0 saturated carbocycles. The molecule has 4 rings (SSSR count). The maximum atomic E-state index is 14.3. The number of hydrogen-bond acceptors (Lipinski definition) is 4. The number of hydrogen-bond donors (Lipinski definition) is 2. The highest BCUT2D eigenvalue weighted by molar-refractivity contribution is 6.30. The first-order valence-corrected chi connectivity index (χ1v) is 11.2. The second-order valence-electron chi connectivity index (χ2n) is 7.89. The lowest BCUT2D eigenvalue weighted by Crippen LogP contribution is -2.37. The predicted octanol–water partition coefficient (Wildman–Crippen LogP) is 3.68. The van der Waals surface area contributed by atoms with Crippen LogP contribution in [-0.4, -0.2) is 32.0 Å². The molecule has 0 saturated heterocycles. The Morgan fingerprint density at radius 2 is 1.69 bits per heavy atom. The Morgan fingerprint density at radius 3 is 2.39 bits per heavy atom. The maximum Gasteiger partial charge on any atom is 0.347 e. The Bertz CT molecular complexity index is 1450. The molecule has 0 fully saturated rings. The molecule has 7 nitrogen and oxygen atoms in total. The SMILES string of the molecule is O=C(Cn1nc(-c2ccc(Cl)cc2)n(Cc2ccccc2F)c1=O)NC(CO)c1cccc(F)c1F. The number of nitrogens with zero attached hydrogens (tertiary/aromatic N) is 3. The van der Waals surface area contributed by atoms with Crippen LogP contribution in [0.3, 0.4) is 0 Å². The number of halogens is 4. The van der Waals surface area contributed by atoms with E-state index in [0.29, 0.717) is 10.6 Å². The third-order valence-corrected chi connectivity index (χ3v) is 5.73. The van der Waals surface area contributed by atoms with Crippen molar-refractivity contribution in [3.63, 3.8) is 0 Å². The second-order valence-corrected chi connectivity index (χ2v) is 8.33. The van der Waals surface area contributed by atoms with E-state index in [1.807, 2.05) is 0 Å². The molecular formula is C25H20ClF3N4O3. The number of benzene rings is 3. The number of aliphatic hydroxyl groups is 1. The largest absolute Gasteiger partial charge is 0.394 e. The second kappa shape index (κ2) is 10.8. The van der Waals surface area contributed by atoms with Crippen molar-refractivity contribution >= 4 is 17.5 Å². The summed E-state index contributed by atoms with van der Waals surface area (Å²) < 4.78 is 44.1. The predicted molar refractivity (Wildman–Crippen MR) is 127 cm³/mol. The molecule has 4 aromatic rings. The summed E-state index contributed by atoms with van der Waals surface area (Å²) in [6, 6.07) is 14.5. The molecular weight excluding hydrogens is 497 g/mol. The van der Waals surface area contributed by atoms with Gasteiger partial charge in [-0.3, -0.25) is 9.36 Å². The van der Waals surface area contributed by atoms with Crippen LogP contribution in [-0.2, 0) is 17.9 Å². The van der Waals surface area contributed by atoms with Crippen molar-refractivity contribution in [1.29, 1.82) is 0 Å². The van der Waals surface area contributed by atoms with Gasteiger partial charge >= 0.3 is 5.69 Å². The Hall–Kier alpha value is -3.89. The van der Waals surface area contributed by atoms with E-state index in [1.54, 1.807) is 30.3 Å². The lowest BCUT2D eigenvalue weighted by molar-refractivity contribution is -0.123. The van der Waals surface area contributed by atoms with E-state index in [0.717, 1.165) is 10.7 Å². The van der Waals surface area contributed by atoms with E-state index < -0.39 is 48.2 Å². The van der Waals surface area contributed by atoms with E-state index in [2.05, 4.69) is 10.4 Å². The number of rotatable bonds is 8. The lowest BCUT2D eigenvalue weighted by Gasteiger charge is -2.17. The number of aromatic nitrogens is 3. The van der Waals surface area contributed by atoms with E-state index in [1.165, 1.54) is 34.9 Å². The van der Waals surface area contributed by atoms with Crippen LogP contribution in [0.4, 0.5) is 13.2 Å². The Balaban J connectivity index is 1.65. The minimum Gasteiger partial charge on any atom is -0.394 e. The summed E-state index contributed by atoms with van der Waals surface area (Å²) >= 11 is 5.96. The van der Waals surface area contributed by atoms with Crippen molar-refractivity contribution < 1.29 is 23.1 Å². The van der Waals surface area contributed by atoms with Gasteiger partial charge in [0.15, 0.2) is 17.5 Å². The zero-order valence-corrected chi connectivity index (χ0v) is 19.4. The number of amides is 1. The monoisotopic (exact) mass is 516 g/mol.